The lowest BCUT2D eigenvalue weighted by Gasteiger charge is -2.29. The van der Waals surface area contributed by atoms with Crippen LogP contribution in [0.2, 0.25) is 0 Å². The summed E-state index contributed by atoms with van der Waals surface area (Å²) in [7, 11) is 1.73. The molecule has 1 fully saturated rings. The van der Waals surface area contributed by atoms with Crippen molar-refractivity contribution in [1.82, 2.24) is 9.80 Å². The molecule has 0 radical (unpaired) electrons. The van der Waals surface area contributed by atoms with Gasteiger partial charge in [-0.05, 0) is 67.3 Å². The molecule has 36 heavy (non-hydrogen) atoms. The second kappa shape index (κ2) is 13.0. The molecule has 0 spiro atoms. The van der Waals surface area contributed by atoms with Gasteiger partial charge in [0, 0.05) is 25.7 Å². The zero-order chi connectivity index (χ0) is 25.3. The summed E-state index contributed by atoms with van der Waals surface area (Å²) in [6.07, 6.45) is 7.30. The van der Waals surface area contributed by atoms with Crippen molar-refractivity contribution >= 4 is 5.91 Å². The molecule has 196 valence electrons. The van der Waals surface area contributed by atoms with Crippen LogP contribution in [0.25, 0.3) is 0 Å². The molecule has 0 aromatic heterocycles. The Balaban J connectivity index is 1.48. The number of hydrogen-bond acceptors (Lipinski definition) is 5. The Morgan fingerprint density at radius 2 is 1.81 bits per heavy atom. The van der Waals surface area contributed by atoms with Crippen LogP contribution < -0.4 is 14.2 Å². The number of amides is 1. The van der Waals surface area contributed by atoms with Gasteiger partial charge in [-0.1, -0.05) is 51.0 Å². The van der Waals surface area contributed by atoms with Crippen LogP contribution in [-0.4, -0.2) is 61.8 Å². The van der Waals surface area contributed by atoms with Crippen LogP contribution in [0.5, 0.6) is 17.2 Å². The molecule has 4 rings (SSSR count). The number of benzene rings is 2. The second-order valence-corrected chi connectivity index (χ2v) is 10.1. The van der Waals surface area contributed by atoms with Crippen molar-refractivity contribution in [3.05, 3.63) is 53.6 Å². The zero-order valence-electron chi connectivity index (χ0n) is 22.2. The van der Waals surface area contributed by atoms with E-state index in [0.717, 1.165) is 81.8 Å². The topological polar surface area (TPSA) is 51.2 Å². The van der Waals surface area contributed by atoms with Crippen molar-refractivity contribution in [3.63, 3.8) is 0 Å². The summed E-state index contributed by atoms with van der Waals surface area (Å²) in [4.78, 5) is 18.0. The standard InChI is InChI=1S/C30H42N2O4/c1-4-6-16-31(17-7-5-2)30(33)21-32-20-25(24-13-15-28-29(19-24)36-22-35-28)18-26(32)14-12-23-10-8-9-11-27(23)34-3/h8-11,13,15,19,25-26H,4-7,12,14,16-18,20-22H2,1-3H3/t25-,26-/m0/s1. The molecular formula is C30H42N2O4. The minimum atomic E-state index is 0.269. The van der Waals surface area contributed by atoms with Crippen molar-refractivity contribution in [3.8, 4) is 17.2 Å². The quantitative estimate of drug-likeness (QED) is 0.361. The largest absolute Gasteiger partial charge is 0.496 e. The van der Waals surface area contributed by atoms with Gasteiger partial charge in [0.1, 0.15) is 5.75 Å². The van der Waals surface area contributed by atoms with Gasteiger partial charge in [0.15, 0.2) is 11.5 Å². The number of hydrogen-bond donors (Lipinski definition) is 0. The molecular weight excluding hydrogens is 452 g/mol. The van der Waals surface area contributed by atoms with Crippen LogP contribution in [0.1, 0.15) is 69.4 Å². The highest BCUT2D eigenvalue weighted by Gasteiger charge is 2.35. The molecule has 2 aliphatic rings. The maximum Gasteiger partial charge on any atom is 0.236 e. The van der Waals surface area contributed by atoms with Crippen molar-refractivity contribution in [2.75, 3.05) is 40.1 Å². The van der Waals surface area contributed by atoms with Crippen LogP contribution in [0.15, 0.2) is 42.5 Å². The first kappa shape index (κ1) is 26.3. The molecule has 0 saturated carbocycles. The number of aryl methyl sites for hydroxylation is 1. The van der Waals surface area contributed by atoms with Gasteiger partial charge in [-0.15, -0.1) is 0 Å². The fourth-order valence-electron chi connectivity index (χ4n) is 5.45. The summed E-state index contributed by atoms with van der Waals surface area (Å²) in [6.45, 7) is 7.76. The number of nitrogens with zero attached hydrogens (tertiary/aromatic N) is 2. The van der Waals surface area contributed by atoms with Gasteiger partial charge in [0.05, 0.1) is 13.7 Å². The molecule has 0 unspecified atom stereocenters. The number of likely N-dealkylation sites (tertiary alicyclic amines) is 1. The number of para-hydroxylation sites is 1. The molecule has 0 bridgehead atoms. The van der Waals surface area contributed by atoms with Gasteiger partial charge in [-0.25, -0.2) is 0 Å². The smallest absolute Gasteiger partial charge is 0.236 e. The first-order valence-corrected chi connectivity index (χ1v) is 13.7. The van der Waals surface area contributed by atoms with E-state index in [-0.39, 0.29) is 12.7 Å². The molecule has 2 heterocycles. The number of fused-ring (bicyclic) bond motifs is 1. The SMILES string of the molecule is CCCCN(CCCC)C(=O)CN1C[C@@H](c2ccc3c(c2)OCO3)C[C@@H]1CCc1ccccc1OC. The van der Waals surface area contributed by atoms with Crippen molar-refractivity contribution in [2.24, 2.45) is 0 Å². The highest BCUT2D eigenvalue weighted by atomic mass is 16.7. The van der Waals surface area contributed by atoms with E-state index in [4.69, 9.17) is 14.2 Å². The molecule has 2 aromatic rings. The normalized spacial score (nSPS) is 19.0. The van der Waals surface area contributed by atoms with E-state index in [9.17, 15) is 4.79 Å². The third-order valence-electron chi connectivity index (χ3n) is 7.59. The second-order valence-electron chi connectivity index (χ2n) is 10.1. The summed E-state index contributed by atoms with van der Waals surface area (Å²) in [6, 6.07) is 14.9. The Labute approximate surface area is 216 Å². The van der Waals surface area contributed by atoms with Crippen LogP contribution in [0.3, 0.4) is 0 Å². The van der Waals surface area contributed by atoms with E-state index in [1.807, 2.05) is 18.2 Å². The summed E-state index contributed by atoms with van der Waals surface area (Å²) < 4.78 is 16.8. The Hall–Kier alpha value is -2.73. The lowest BCUT2D eigenvalue weighted by Crippen LogP contribution is -2.43. The van der Waals surface area contributed by atoms with Crippen LogP contribution >= 0.6 is 0 Å². The molecule has 2 atom stereocenters. The van der Waals surface area contributed by atoms with Crippen molar-refractivity contribution in [1.29, 1.82) is 0 Å². The average molecular weight is 495 g/mol. The Kier molecular flexibility index (Phi) is 9.51. The number of carbonyl (C=O) groups excluding carboxylic acids is 1. The first-order chi connectivity index (χ1) is 17.6. The molecule has 2 aliphatic heterocycles. The molecule has 0 aliphatic carbocycles. The van der Waals surface area contributed by atoms with Gasteiger partial charge in [0.2, 0.25) is 12.7 Å². The van der Waals surface area contributed by atoms with Crippen molar-refractivity contribution in [2.45, 2.75) is 70.8 Å². The Morgan fingerprint density at radius 1 is 1.06 bits per heavy atom. The highest BCUT2D eigenvalue weighted by Crippen LogP contribution is 2.39. The minimum absolute atomic E-state index is 0.269. The fourth-order valence-corrected chi connectivity index (χ4v) is 5.45. The van der Waals surface area contributed by atoms with E-state index in [1.165, 1.54) is 11.1 Å². The lowest BCUT2D eigenvalue weighted by atomic mass is 9.94. The number of unbranched alkanes of at least 4 members (excludes halogenated alkanes) is 2. The van der Waals surface area contributed by atoms with Gasteiger partial charge in [0.25, 0.3) is 0 Å². The monoisotopic (exact) mass is 494 g/mol. The minimum Gasteiger partial charge on any atom is -0.496 e. The van der Waals surface area contributed by atoms with E-state index in [2.05, 4.69) is 47.9 Å². The van der Waals surface area contributed by atoms with Crippen molar-refractivity contribution < 1.29 is 19.0 Å². The summed E-state index contributed by atoms with van der Waals surface area (Å²) in [5.41, 5.74) is 2.50. The molecule has 0 N–H and O–H groups in total. The zero-order valence-corrected chi connectivity index (χ0v) is 22.2. The Morgan fingerprint density at radius 3 is 2.56 bits per heavy atom. The molecule has 6 nitrogen and oxygen atoms in total. The summed E-state index contributed by atoms with van der Waals surface area (Å²) >= 11 is 0. The van der Waals surface area contributed by atoms with E-state index in [1.54, 1.807) is 7.11 Å². The molecule has 1 saturated heterocycles. The number of rotatable bonds is 13. The van der Waals surface area contributed by atoms with Gasteiger partial charge in [-0.2, -0.15) is 0 Å². The van der Waals surface area contributed by atoms with E-state index in [0.29, 0.717) is 18.5 Å². The predicted octanol–water partition coefficient (Wildman–Crippen LogP) is 5.64. The molecule has 2 aromatic carbocycles. The van der Waals surface area contributed by atoms with E-state index < -0.39 is 0 Å². The van der Waals surface area contributed by atoms with E-state index >= 15 is 0 Å². The predicted molar refractivity (Wildman–Crippen MR) is 143 cm³/mol. The number of ether oxygens (including phenoxy) is 3. The fraction of sp³-hybridized carbons (Fsp3) is 0.567. The third kappa shape index (κ3) is 6.52. The van der Waals surface area contributed by atoms with Crippen LogP contribution in [0, 0.1) is 0 Å². The third-order valence-corrected chi connectivity index (χ3v) is 7.59. The average Bonchev–Trinajstić information content (AvgIpc) is 3.54. The van der Waals surface area contributed by atoms with Gasteiger partial charge >= 0.3 is 0 Å². The van der Waals surface area contributed by atoms with Gasteiger partial charge < -0.3 is 19.1 Å². The number of methoxy groups -OCH3 is 1. The summed E-state index contributed by atoms with van der Waals surface area (Å²) in [5.74, 6) is 3.23. The van der Waals surface area contributed by atoms with Crippen LogP contribution in [-0.2, 0) is 11.2 Å². The maximum atomic E-state index is 13.5. The maximum absolute atomic E-state index is 13.5. The first-order valence-electron chi connectivity index (χ1n) is 13.7. The molecule has 6 heteroatoms. The Bertz CT molecular complexity index is 987. The molecule has 1 amide bonds. The number of carbonyl (C=O) groups is 1. The van der Waals surface area contributed by atoms with Crippen LogP contribution in [0.4, 0.5) is 0 Å². The highest BCUT2D eigenvalue weighted by molar-refractivity contribution is 5.78. The lowest BCUT2D eigenvalue weighted by molar-refractivity contribution is -0.132. The van der Waals surface area contributed by atoms with Gasteiger partial charge in [-0.3, -0.25) is 9.69 Å². The summed E-state index contributed by atoms with van der Waals surface area (Å²) in [5, 5.41) is 0.